The quantitative estimate of drug-likeness (QED) is 0.871. The minimum Gasteiger partial charge on any atom is -0.326 e. The maximum Gasteiger partial charge on any atom is 0.255 e. The van der Waals surface area contributed by atoms with E-state index in [0.717, 1.165) is 36.9 Å². The molecule has 0 aliphatic heterocycles. The van der Waals surface area contributed by atoms with Crippen molar-refractivity contribution in [2.24, 2.45) is 0 Å². The van der Waals surface area contributed by atoms with Crippen LogP contribution in [0, 0.1) is 5.82 Å². The Balaban J connectivity index is 1.91. The topological polar surface area (TPSA) is 57.8 Å². The van der Waals surface area contributed by atoms with Gasteiger partial charge in [-0.25, -0.2) is 9.37 Å². The van der Waals surface area contributed by atoms with Gasteiger partial charge in [0.05, 0.1) is 5.69 Å². The van der Waals surface area contributed by atoms with Crippen LogP contribution in [0.3, 0.4) is 0 Å². The molecule has 0 saturated carbocycles. The van der Waals surface area contributed by atoms with E-state index < -0.39 is 0 Å². The van der Waals surface area contributed by atoms with Gasteiger partial charge in [-0.05, 0) is 49.9 Å². The first-order valence-electron chi connectivity index (χ1n) is 6.37. The van der Waals surface area contributed by atoms with Gasteiger partial charge >= 0.3 is 0 Å². The molecule has 0 fully saturated rings. The summed E-state index contributed by atoms with van der Waals surface area (Å²) in [6, 6.07) is 5.93. The van der Waals surface area contributed by atoms with Crippen molar-refractivity contribution in [1.82, 2.24) is 9.97 Å². The average molecular weight is 259 g/mol. The molecule has 1 aliphatic rings. The number of benzene rings is 1. The SMILES string of the molecule is O=c1[nH]c(Nc2ccc(F)cc2)nc2c1CCCC2. The molecule has 1 heterocycles. The van der Waals surface area contributed by atoms with E-state index in [1.54, 1.807) is 12.1 Å². The number of hydrogen-bond acceptors (Lipinski definition) is 3. The first-order valence-corrected chi connectivity index (χ1v) is 6.37. The number of anilines is 2. The van der Waals surface area contributed by atoms with Crippen LogP contribution in [0.15, 0.2) is 29.1 Å². The predicted molar refractivity (Wildman–Crippen MR) is 71.2 cm³/mol. The highest BCUT2D eigenvalue weighted by molar-refractivity contribution is 5.53. The van der Waals surface area contributed by atoms with Crippen molar-refractivity contribution >= 4 is 11.6 Å². The lowest BCUT2D eigenvalue weighted by Crippen LogP contribution is -2.22. The zero-order valence-corrected chi connectivity index (χ0v) is 10.4. The molecule has 0 radical (unpaired) electrons. The van der Waals surface area contributed by atoms with Crippen LogP contribution in [0.2, 0.25) is 0 Å². The van der Waals surface area contributed by atoms with E-state index >= 15 is 0 Å². The fraction of sp³-hybridized carbons (Fsp3) is 0.286. The number of aromatic nitrogens is 2. The van der Waals surface area contributed by atoms with Gasteiger partial charge in [0.1, 0.15) is 5.82 Å². The van der Waals surface area contributed by atoms with Crippen molar-refractivity contribution in [1.29, 1.82) is 0 Å². The van der Waals surface area contributed by atoms with Gasteiger partial charge < -0.3 is 5.32 Å². The van der Waals surface area contributed by atoms with E-state index in [0.29, 0.717) is 11.6 Å². The molecule has 0 atom stereocenters. The lowest BCUT2D eigenvalue weighted by molar-refractivity contribution is 0.628. The Kier molecular flexibility index (Phi) is 3.03. The second kappa shape index (κ2) is 4.84. The molecule has 0 amide bonds. The molecular weight excluding hydrogens is 245 g/mol. The minimum atomic E-state index is -0.294. The summed E-state index contributed by atoms with van der Waals surface area (Å²) >= 11 is 0. The van der Waals surface area contributed by atoms with E-state index in [4.69, 9.17) is 0 Å². The first kappa shape index (κ1) is 11.9. The molecule has 1 aromatic carbocycles. The smallest absolute Gasteiger partial charge is 0.255 e. The number of hydrogen-bond donors (Lipinski definition) is 2. The fourth-order valence-electron chi connectivity index (χ4n) is 2.33. The Morgan fingerprint density at radius 1 is 1.16 bits per heavy atom. The number of nitrogens with one attached hydrogen (secondary N) is 2. The van der Waals surface area contributed by atoms with Crippen LogP contribution in [-0.2, 0) is 12.8 Å². The number of halogens is 1. The molecule has 0 unspecified atom stereocenters. The monoisotopic (exact) mass is 259 g/mol. The number of aromatic amines is 1. The highest BCUT2D eigenvalue weighted by Gasteiger charge is 2.15. The molecule has 0 spiro atoms. The molecule has 4 nitrogen and oxygen atoms in total. The molecule has 5 heteroatoms. The number of fused-ring (bicyclic) bond motifs is 1. The van der Waals surface area contributed by atoms with E-state index in [-0.39, 0.29) is 11.4 Å². The summed E-state index contributed by atoms with van der Waals surface area (Å²) in [6.45, 7) is 0. The van der Waals surface area contributed by atoms with Gasteiger partial charge in [0.15, 0.2) is 0 Å². The van der Waals surface area contributed by atoms with Gasteiger partial charge in [-0.15, -0.1) is 0 Å². The van der Waals surface area contributed by atoms with Gasteiger partial charge in [-0.1, -0.05) is 0 Å². The van der Waals surface area contributed by atoms with Crippen molar-refractivity contribution in [3.8, 4) is 0 Å². The second-order valence-corrected chi connectivity index (χ2v) is 4.68. The van der Waals surface area contributed by atoms with Crippen LogP contribution >= 0.6 is 0 Å². The van der Waals surface area contributed by atoms with Crippen LogP contribution in [0.1, 0.15) is 24.1 Å². The van der Waals surface area contributed by atoms with Crippen LogP contribution in [0.4, 0.5) is 16.0 Å². The van der Waals surface area contributed by atoms with E-state index in [1.807, 2.05) is 0 Å². The number of rotatable bonds is 2. The lowest BCUT2D eigenvalue weighted by atomic mass is 9.97. The van der Waals surface area contributed by atoms with Crippen LogP contribution in [0.25, 0.3) is 0 Å². The Bertz CT molecular complexity index is 649. The standard InChI is InChI=1S/C14H14FN3O/c15-9-5-7-10(8-6-9)16-14-17-12-4-2-1-3-11(12)13(19)18-14/h5-8H,1-4H2,(H2,16,17,18,19). The van der Waals surface area contributed by atoms with Crippen molar-refractivity contribution in [2.45, 2.75) is 25.7 Å². The number of aryl methyl sites for hydroxylation is 1. The maximum atomic E-state index is 12.8. The number of nitrogens with zero attached hydrogens (tertiary/aromatic N) is 1. The molecule has 0 bridgehead atoms. The third kappa shape index (κ3) is 2.50. The summed E-state index contributed by atoms with van der Waals surface area (Å²) in [7, 11) is 0. The van der Waals surface area contributed by atoms with Crippen LogP contribution in [0.5, 0.6) is 0 Å². The Morgan fingerprint density at radius 2 is 1.89 bits per heavy atom. The molecule has 1 aliphatic carbocycles. The van der Waals surface area contributed by atoms with Crippen molar-refractivity contribution in [3.63, 3.8) is 0 Å². The van der Waals surface area contributed by atoms with Gasteiger partial charge in [-0.2, -0.15) is 0 Å². The van der Waals surface area contributed by atoms with Crippen LogP contribution < -0.4 is 10.9 Å². The van der Waals surface area contributed by atoms with Gasteiger partial charge in [-0.3, -0.25) is 9.78 Å². The summed E-state index contributed by atoms with van der Waals surface area (Å²) < 4.78 is 12.8. The summed E-state index contributed by atoms with van der Waals surface area (Å²) in [6.07, 6.45) is 3.76. The van der Waals surface area contributed by atoms with Crippen molar-refractivity contribution in [2.75, 3.05) is 5.32 Å². The van der Waals surface area contributed by atoms with Crippen molar-refractivity contribution < 1.29 is 4.39 Å². The maximum absolute atomic E-state index is 12.8. The molecule has 98 valence electrons. The van der Waals surface area contributed by atoms with E-state index in [2.05, 4.69) is 15.3 Å². The Hall–Kier alpha value is -2.17. The normalized spacial score (nSPS) is 13.9. The zero-order chi connectivity index (χ0) is 13.2. The van der Waals surface area contributed by atoms with E-state index in [9.17, 15) is 9.18 Å². The molecule has 19 heavy (non-hydrogen) atoms. The summed E-state index contributed by atoms with van der Waals surface area (Å²) in [4.78, 5) is 19.1. The molecule has 3 rings (SSSR count). The predicted octanol–water partition coefficient (Wildman–Crippen LogP) is 2.53. The van der Waals surface area contributed by atoms with Gasteiger partial charge in [0.2, 0.25) is 5.95 Å². The first-order chi connectivity index (χ1) is 9.22. The van der Waals surface area contributed by atoms with Crippen molar-refractivity contribution in [3.05, 3.63) is 51.7 Å². The van der Waals surface area contributed by atoms with E-state index in [1.165, 1.54) is 12.1 Å². The Labute approximate surface area is 109 Å². The third-order valence-corrected chi connectivity index (χ3v) is 3.30. The van der Waals surface area contributed by atoms with Gasteiger partial charge in [0.25, 0.3) is 5.56 Å². The summed E-state index contributed by atoms with van der Waals surface area (Å²) in [5.74, 6) is 0.120. The highest BCUT2D eigenvalue weighted by atomic mass is 19.1. The lowest BCUT2D eigenvalue weighted by Gasteiger charge is -2.15. The second-order valence-electron chi connectivity index (χ2n) is 4.68. The molecular formula is C14H14FN3O. The Morgan fingerprint density at radius 3 is 2.68 bits per heavy atom. The summed E-state index contributed by atoms with van der Waals surface area (Å²) in [5.41, 5.74) is 2.30. The van der Waals surface area contributed by atoms with Gasteiger partial charge in [0, 0.05) is 11.3 Å². The van der Waals surface area contributed by atoms with Crippen LogP contribution in [-0.4, -0.2) is 9.97 Å². The molecule has 2 N–H and O–H groups in total. The average Bonchev–Trinajstić information content (AvgIpc) is 2.42. The highest BCUT2D eigenvalue weighted by Crippen LogP contribution is 2.18. The zero-order valence-electron chi connectivity index (χ0n) is 10.4. The molecule has 0 saturated heterocycles. The summed E-state index contributed by atoms with van der Waals surface area (Å²) in [5, 5.41) is 2.99. The largest absolute Gasteiger partial charge is 0.326 e. The fourth-order valence-corrected chi connectivity index (χ4v) is 2.33. The minimum absolute atomic E-state index is 0.0747. The molecule has 1 aromatic heterocycles. The third-order valence-electron chi connectivity index (χ3n) is 3.30. The number of H-pyrrole nitrogens is 1. The molecule has 2 aromatic rings.